The molecule has 0 bridgehead atoms. The monoisotopic (exact) mass is 628 g/mol. The molecule has 43 heavy (non-hydrogen) atoms. The minimum atomic E-state index is -4.99. The number of alkyl halides is 6. The van der Waals surface area contributed by atoms with Crippen LogP contribution in [-0.4, -0.2) is 18.3 Å². The van der Waals surface area contributed by atoms with E-state index in [0.29, 0.717) is 12.1 Å². The Morgan fingerprint density at radius 3 is 1.16 bits per heavy atom. The number of nitrogens with zero attached hydrogens (tertiary/aromatic N) is 2. The molecule has 0 heterocycles. The number of hydrogen-bond donors (Lipinski definition) is 0. The Morgan fingerprint density at radius 1 is 0.558 bits per heavy atom. The molecular formula is C26H14F6N2O8S. The van der Waals surface area contributed by atoms with Gasteiger partial charge in [-0.05, 0) is 60.7 Å². The molecule has 0 aliphatic carbocycles. The fourth-order valence-corrected chi connectivity index (χ4v) is 4.91. The van der Waals surface area contributed by atoms with Gasteiger partial charge in [-0.25, -0.2) is 8.42 Å². The summed E-state index contributed by atoms with van der Waals surface area (Å²) in [4.78, 5) is 19.1. The van der Waals surface area contributed by atoms with Crippen molar-refractivity contribution in [3.05, 3.63) is 116 Å². The summed E-state index contributed by atoms with van der Waals surface area (Å²) in [5, 5.41) is 21.7. The number of benzene rings is 4. The van der Waals surface area contributed by atoms with Gasteiger partial charge in [-0.2, -0.15) is 26.3 Å². The van der Waals surface area contributed by atoms with Crippen LogP contribution < -0.4 is 9.47 Å². The fourth-order valence-electron chi connectivity index (χ4n) is 3.65. The number of ether oxygens (including phenoxy) is 2. The second-order valence-electron chi connectivity index (χ2n) is 8.52. The Hall–Kier alpha value is -5.19. The maximum Gasteiger partial charge on any atom is 0.420 e. The summed E-state index contributed by atoms with van der Waals surface area (Å²) in [5.41, 5.74) is -4.47. The first-order valence-corrected chi connectivity index (χ1v) is 13.0. The molecule has 0 unspecified atom stereocenters. The van der Waals surface area contributed by atoms with E-state index in [-0.39, 0.29) is 21.3 Å². The molecule has 224 valence electrons. The summed E-state index contributed by atoms with van der Waals surface area (Å²) in [6.45, 7) is 0. The van der Waals surface area contributed by atoms with Gasteiger partial charge in [0.1, 0.15) is 34.1 Å². The third-order valence-corrected chi connectivity index (χ3v) is 7.47. The van der Waals surface area contributed by atoms with Gasteiger partial charge in [0.15, 0.2) is 0 Å². The highest BCUT2D eigenvalue weighted by Gasteiger charge is 2.37. The lowest BCUT2D eigenvalue weighted by Crippen LogP contribution is -2.08. The van der Waals surface area contributed by atoms with Gasteiger partial charge in [0.2, 0.25) is 9.84 Å². The normalized spacial score (nSPS) is 12.0. The van der Waals surface area contributed by atoms with E-state index in [9.17, 15) is 55.0 Å². The first-order chi connectivity index (χ1) is 20.0. The molecule has 0 aliphatic rings. The van der Waals surface area contributed by atoms with Crippen LogP contribution in [0.1, 0.15) is 11.1 Å². The molecule has 0 saturated carbocycles. The van der Waals surface area contributed by atoms with E-state index in [0.717, 1.165) is 72.8 Å². The van der Waals surface area contributed by atoms with Crippen LogP contribution in [-0.2, 0) is 22.2 Å². The second kappa shape index (κ2) is 11.2. The number of sulfone groups is 1. The van der Waals surface area contributed by atoms with Crippen molar-refractivity contribution in [2.45, 2.75) is 22.1 Å². The highest BCUT2D eigenvalue weighted by atomic mass is 32.2. The molecule has 0 aromatic heterocycles. The Balaban J connectivity index is 1.55. The van der Waals surface area contributed by atoms with Gasteiger partial charge in [-0.15, -0.1) is 0 Å². The Labute approximate surface area is 236 Å². The average Bonchev–Trinajstić information content (AvgIpc) is 2.92. The maximum atomic E-state index is 13.4. The van der Waals surface area contributed by atoms with Crippen molar-refractivity contribution in [3.63, 3.8) is 0 Å². The number of hydrogen-bond acceptors (Lipinski definition) is 8. The molecule has 0 aliphatic heterocycles. The van der Waals surface area contributed by atoms with Crippen molar-refractivity contribution >= 4 is 21.2 Å². The van der Waals surface area contributed by atoms with Crippen molar-refractivity contribution in [3.8, 4) is 23.0 Å². The van der Waals surface area contributed by atoms with Gasteiger partial charge in [0.25, 0.3) is 11.4 Å². The van der Waals surface area contributed by atoms with Gasteiger partial charge < -0.3 is 9.47 Å². The quantitative estimate of drug-likeness (QED) is 0.109. The van der Waals surface area contributed by atoms with Crippen molar-refractivity contribution in [1.29, 1.82) is 0 Å². The molecule has 0 N–H and O–H groups in total. The largest absolute Gasteiger partial charge is 0.457 e. The number of nitro groups is 2. The van der Waals surface area contributed by atoms with Crippen molar-refractivity contribution < 1.29 is 54.1 Å². The van der Waals surface area contributed by atoms with Crippen LogP contribution in [0.25, 0.3) is 0 Å². The summed E-state index contributed by atoms with van der Waals surface area (Å²) in [5.74, 6) is -1.95. The van der Waals surface area contributed by atoms with Crippen LogP contribution >= 0.6 is 0 Å². The van der Waals surface area contributed by atoms with E-state index in [1.165, 1.54) is 0 Å². The van der Waals surface area contributed by atoms with E-state index >= 15 is 0 Å². The topological polar surface area (TPSA) is 139 Å². The highest BCUT2D eigenvalue weighted by molar-refractivity contribution is 7.91. The summed E-state index contributed by atoms with van der Waals surface area (Å²) in [6.07, 6.45) is -9.99. The van der Waals surface area contributed by atoms with Crippen molar-refractivity contribution in [1.82, 2.24) is 0 Å². The van der Waals surface area contributed by atoms with E-state index in [4.69, 9.17) is 9.47 Å². The SMILES string of the molecule is O=[N+]([O-])c1ccc(Oc2ccc(S(=O)(=O)c3ccc(Oc4ccc([N+](=O)[O-])cc4C(F)(F)F)cc3)cc2)c(C(F)(F)F)c1. The third-order valence-electron chi connectivity index (χ3n) is 5.68. The van der Waals surface area contributed by atoms with Crippen LogP contribution in [0, 0.1) is 20.2 Å². The van der Waals surface area contributed by atoms with Gasteiger partial charge >= 0.3 is 12.4 Å². The van der Waals surface area contributed by atoms with Gasteiger partial charge in [-0.3, -0.25) is 20.2 Å². The summed E-state index contributed by atoms with van der Waals surface area (Å²) >= 11 is 0. The lowest BCUT2D eigenvalue weighted by molar-refractivity contribution is -0.385. The van der Waals surface area contributed by atoms with Crippen LogP contribution in [0.2, 0.25) is 0 Å². The predicted molar refractivity (Wildman–Crippen MR) is 135 cm³/mol. The van der Waals surface area contributed by atoms with Crippen LogP contribution in [0.3, 0.4) is 0 Å². The first-order valence-electron chi connectivity index (χ1n) is 11.5. The number of halogens is 6. The number of rotatable bonds is 8. The van der Waals surface area contributed by atoms with Crippen LogP contribution in [0.15, 0.2) is 94.7 Å². The van der Waals surface area contributed by atoms with Gasteiger partial charge in [0, 0.05) is 24.3 Å². The van der Waals surface area contributed by atoms with Crippen LogP contribution in [0.4, 0.5) is 37.7 Å². The van der Waals surface area contributed by atoms with E-state index in [1.807, 2.05) is 0 Å². The van der Waals surface area contributed by atoms with Crippen molar-refractivity contribution in [2.24, 2.45) is 0 Å². The lowest BCUT2D eigenvalue weighted by Gasteiger charge is -2.14. The van der Waals surface area contributed by atoms with E-state index in [1.54, 1.807) is 0 Å². The Morgan fingerprint density at radius 2 is 0.884 bits per heavy atom. The zero-order chi connectivity index (χ0) is 31.7. The molecule has 0 radical (unpaired) electrons. The van der Waals surface area contributed by atoms with E-state index in [2.05, 4.69) is 0 Å². The molecule has 4 aromatic rings. The smallest absolute Gasteiger partial charge is 0.420 e. The first kappa shape index (κ1) is 30.8. The summed E-state index contributed by atoms with van der Waals surface area (Å²) in [6, 6.07) is 12.1. The molecule has 4 rings (SSSR count). The molecule has 4 aromatic carbocycles. The molecule has 0 spiro atoms. The molecule has 0 saturated heterocycles. The third kappa shape index (κ3) is 6.83. The number of non-ortho nitro benzene ring substituents is 2. The minimum absolute atomic E-state index is 0.217. The molecule has 0 atom stereocenters. The molecular weight excluding hydrogens is 614 g/mol. The highest BCUT2D eigenvalue weighted by Crippen LogP contribution is 2.42. The number of nitro benzene ring substituents is 2. The van der Waals surface area contributed by atoms with Gasteiger partial charge in [0.05, 0.1) is 19.6 Å². The maximum absolute atomic E-state index is 13.4. The summed E-state index contributed by atoms with van der Waals surface area (Å²) in [7, 11) is -4.23. The molecule has 17 heteroatoms. The summed E-state index contributed by atoms with van der Waals surface area (Å²) < 4.78 is 117. The zero-order valence-electron chi connectivity index (χ0n) is 20.9. The van der Waals surface area contributed by atoms with Crippen molar-refractivity contribution in [2.75, 3.05) is 0 Å². The van der Waals surface area contributed by atoms with Crippen LogP contribution in [0.5, 0.6) is 23.0 Å². The van der Waals surface area contributed by atoms with Gasteiger partial charge in [-0.1, -0.05) is 0 Å². The average molecular weight is 628 g/mol. The standard InChI is InChI=1S/C26H14F6N2O8S/c27-25(28,29)21-13-15(33(35)36)1-11-23(21)41-17-3-7-19(8-4-17)43(39,40)20-9-5-18(6-10-20)42-24-12-2-16(34(37)38)14-22(24)26(30,31)32/h1-14H. The predicted octanol–water partition coefficient (Wildman–Crippen LogP) is 7.96. The Kier molecular flexibility index (Phi) is 8.04. The fraction of sp³-hybridized carbons (Fsp3) is 0.0769. The minimum Gasteiger partial charge on any atom is -0.457 e. The van der Waals surface area contributed by atoms with E-state index < -0.39 is 66.0 Å². The zero-order valence-corrected chi connectivity index (χ0v) is 21.7. The second-order valence-corrected chi connectivity index (χ2v) is 10.5. The Bertz CT molecular complexity index is 1680. The molecule has 0 amide bonds. The molecule has 10 nitrogen and oxygen atoms in total. The lowest BCUT2D eigenvalue weighted by atomic mass is 10.1. The molecule has 0 fully saturated rings.